The van der Waals surface area contributed by atoms with Gasteiger partial charge in [-0.25, -0.2) is 14.2 Å². The molecular formula is C11H7BrFNO2. The van der Waals surface area contributed by atoms with Gasteiger partial charge in [0.25, 0.3) is 0 Å². The van der Waals surface area contributed by atoms with Crippen LogP contribution in [0.1, 0.15) is 16.1 Å². The molecule has 2 aromatic rings. The maximum Gasteiger partial charge on any atom is 0.354 e. The van der Waals surface area contributed by atoms with E-state index < -0.39 is 11.8 Å². The van der Waals surface area contributed by atoms with E-state index in [4.69, 9.17) is 5.11 Å². The molecule has 0 saturated carbocycles. The molecule has 0 aliphatic rings. The number of aromatic nitrogens is 1. The third-order valence-electron chi connectivity index (χ3n) is 2.27. The van der Waals surface area contributed by atoms with Gasteiger partial charge in [0.05, 0.1) is 0 Å². The van der Waals surface area contributed by atoms with Crippen molar-refractivity contribution in [3.8, 4) is 0 Å². The normalized spacial score (nSPS) is 10.7. The number of aryl methyl sites for hydroxylation is 1. The molecule has 0 spiro atoms. The van der Waals surface area contributed by atoms with Crippen LogP contribution in [0, 0.1) is 12.7 Å². The zero-order valence-electron chi connectivity index (χ0n) is 8.29. The number of pyridine rings is 1. The number of carbonyl (C=O) groups is 1. The topological polar surface area (TPSA) is 50.2 Å². The summed E-state index contributed by atoms with van der Waals surface area (Å²) < 4.78 is 14.3. The van der Waals surface area contributed by atoms with E-state index in [9.17, 15) is 9.18 Å². The van der Waals surface area contributed by atoms with Crippen LogP contribution in [-0.4, -0.2) is 16.1 Å². The van der Waals surface area contributed by atoms with E-state index in [2.05, 4.69) is 20.9 Å². The molecule has 16 heavy (non-hydrogen) atoms. The predicted molar refractivity (Wildman–Crippen MR) is 61.1 cm³/mol. The number of fused-ring (bicyclic) bond motifs is 1. The van der Waals surface area contributed by atoms with Gasteiger partial charge in [-0.15, -0.1) is 0 Å². The molecule has 0 amide bonds. The van der Waals surface area contributed by atoms with Crippen LogP contribution in [0.15, 0.2) is 22.7 Å². The van der Waals surface area contributed by atoms with Gasteiger partial charge in [-0.2, -0.15) is 0 Å². The lowest BCUT2D eigenvalue weighted by Gasteiger charge is -2.05. The highest BCUT2D eigenvalue weighted by molar-refractivity contribution is 9.10. The lowest BCUT2D eigenvalue weighted by molar-refractivity contribution is 0.0691. The Morgan fingerprint density at radius 1 is 1.50 bits per heavy atom. The van der Waals surface area contributed by atoms with Crippen molar-refractivity contribution in [2.45, 2.75) is 6.92 Å². The Hall–Kier alpha value is -1.49. The summed E-state index contributed by atoms with van der Waals surface area (Å²) in [5.41, 5.74) is 0.648. The molecule has 3 nitrogen and oxygen atoms in total. The van der Waals surface area contributed by atoms with E-state index in [0.717, 1.165) is 10.0 Å². The molecule has 0 unspecified atom stereocenters. The van der Waals surface area contributed by atoms with Gasteiger partial charge < -0.3 is 5.11 Å². The SMILES string of the molecule is Cc1cc(F)c2nc(C(=O)O)ccc2c1Br. The molecule has 82 valence electrons. The van der Waals surface area contributed by atoms with Crippen molar-refractivity contribution in [2.75, 3.05) is 0 Å². The second-order valence-electron chi connectivity index (χ2n) is 3.39. The fourth-order valence-corrected chi connectivity index (χ4v) is 1.91. The van der Waals surface area contributed by atoms with Crippen LogP contribution in [-0.2, 0) is 0 Å². The number of hydrogen-bond donors (Lipinski definition) is 1. The summed E-state index contributed by atoms with van der Waals surface area (Å²) in [6.45, 7) is 1.76. The molecule has 0 saturated heterocycles. The van der Waals surface area contributed by atoms with Crippen molar-refractivity contribution < 1.29 is 14.3 Å². The molecule has 5 heteroatoms. The van der Waals surface area contributed by atoms with Crippen molar-refractivity contribution in [2.24, 2.45) is 0 Å². The highest BCUT2D eigenvalue weighted by Gasteiger charge is 2.12. The number of benzene rings is 1. The van der Waals surface area contributed by atoms with Crippen molar-refractivity contribution in [1.29, 1.82) is 0 Å². The minimum atomic E-state index is -1.17. The van der Waals surface area contributed by atoms with Gasteiger partial charge in [-0.05, 0) is 46.6 Å². The molecular weight excluding hydrogens is 277 g/mol. The second kappa shape index (κ2) is 3.83. The predicted octanol–water partition coefficient (Wildman–Crippen LogP) is 3.14. The fraction of sp³-hybridized carbons (Fsp3) is 0.0909. The van der Waals surface area contributed by atoms with Crippen LogP contribution < -0.4 is 0 Å². The largest absolute Gasteiger partial charge is 0.477 e. The molecule has 1 aromatic carbocycles. The summed E-state index contributed by atoms with van der Waals surface area (Å²) >= 11 is 3.32. The van der Waals surface area contributed by atoms with E-state index in [1.165, 1.54) is 12.1 Å². The smallest absolute Gasteiger partial charge is 0.354 e. The van der Waals surface area contributed by atoms with Crippen LogP contribution in [0.3, 0.4) is 0 Å². The third-order valence-corrected chi connectivity index (χ3v) is 3.32. The molecule has 0 aliphatic heterocycles. The Labute approximate surface area is 99.1 Å². The van der Waals surface area contributed by atoms with Gasteiger partial charge >= 0.3 is 5.97 Å². The Morgan fingerprint density at radius 3 is 2.81 bits per heavy atom. The van der Waals surface area contributed by atoms with Gasteiger partial charge in [0.2, 0.25) is 0 Å². The summed E-state index contributed by atoms with van der Waals surface area (Å²) in [4.78, 5) is 14.5. The van der Waals surface area contributed by atoms with Gasteiger partial charge in [0.15, 0.2) is 0 Å². The maximum absolute atomic E-state index is 13.6. The summed E-state index contributed by atoms with van der Waals surface area (Å²) in [7, 11) is 0. The minimum Gasteiger partial charge on any atom is -0.477 e. The summed E-state index contributed by atoms with van der Waals surface area (Å²) in [5.74, 6) is -1.68. The molecule has 1 N–H and O–H groups in total. The molecule has 0 bridgehead atoms. The number of hydrogen-bond acceptors (Lipinski definition) is 2. The number of aromatic carboxylic acids is 1. The maximum atomic E-state index is 13.6. The van der Waals surface area contributed by atoms with Crippen molar-refractivity contribution in [3.63, 3.8) is 0 Å². The summed E-state index contributed by atoms with van der Waals surface area (Å²) in [6.07, 6.45) is 0. The first-order chi connectivity index (χ1) is 7.50. The van der Waals surface area contributed by atoms with Crippen molar-refractivity contribution in [3.05, 3.63) is 39.7 Å². The lowest BCUT2D eigenvalue weighted by atomic mass is 10.1. The van der Waals surface area contributed by atoms with Crippen LogP contribution in [0.2, 0.25) is 0 Å². The van der Waals surface area contributed by atoms with E-state index in [0.29, 0.717) is 5.39 Å². The Balaban J connectivity index is 2.84. The summed E-state index contributed by atoms with van der Waals surface area (Å²) in [5, 5.41) is 9.33. The lowest BCUT2D eigenvalue weighted by Crippen LogP contribution is -2.01. The van der Waals surface area contributed by atoms with Gasteiger partial charge in [-0.3, -0.25) is 0 Å². The average Bonchev–Trinajstić information content (AvgIpc) is 2.25. The molecule has 0 fully saturated rings. The molecule has 0 atom stereocenters. The summed E-state index contributed by atoms with van der Waals surface area (Å²) in [6, 6.07) is 4.23. The standard InChI is InChI=1S/C11H7BrFNO2/c1-5-4-7(13)10-6(9(5)12)2-3-8(14-10)11(15)16/h2-4H,1H3,(H,15,16). The number of carboxylic acids is 1. The third kappa shape index (κ3) is 1.67. The first kappa shape index (κ1) is 11.0. The van der Waals surface area contributed by atoms with Crippen molar-refractivity contribution in [1.82, 2.24) is 4.98 Å². The highest BCUT2D eigenvalue weighted by Crippen LogP contribution is 2.28. The zero-order valence-corrected chi connectivity index (χ0v) is 9.88. The van der Waals surface area contributed by atoms with Gasteiger partial charge in [0.1, 0.15) is 17.0 Å². The quantitative estimate of drug-likeness (QED) is 0.875. The van der Waals surface area contributed by atoms with E-state index in [-0.39, 0.29) is 11.2 Å². The fourth-order valence-electron chi connectivity index (χ4n) is 1.47. The minimum absolute atomic E-state index is 0.0670. The first-order valence-electron chi connectivity index (χ1n) is 4.49. The zero-order chi connectivity index (χ0) is 11.9. The van der Waals surface area contributed by atoms with Gasteiger partial charge in [0, 0.05) is 9.86 Å². The number of carboxylic acid groups (broad SMARTS) is 1. The van der Waals surface area contributed by atoms with Crippen LogP contribution >= 0.6 is 15.9 Å². The van der Waals surface area contributed by atoms with E-state index in [1.807, 2.05) is 0 Å². The van der Waals surface area contributed by atoms with E-state index in [1.54, 1.807) is 13.0 Å². The highest BCUT2D eigenvalue weighted by atomic mass is 79.9. The number of rotatable bonds is 1. The molecule has 2 rings (SSSR count). The number of halogens is 2. The molecule has 1 aromatic heterocycles. The average molecular weight is 284 g/mol. The van der Waals surface area contributed by atoms with Crippen LogP contribution in [0.4, 0.5) is 4.39 Å². The molecule has 0 radical (unpaired) electrons. The number of nitrogens with zero attached hydrogens (tertiary/aromatic N) is 1. The monoisotopic (exact) mass is 283 g/mol. The van der Waals surface area contributed by atoms with Crippen LogP contribution in [0.5, 0.6) is 0 Å². The van der Waals surface area contributed by atoms with Gasteiger partial charge in [-0.1, -0.05) is 0 Å². The van der Waals surface area contributed by atoms with Crippen molar-refractivity contribution >= 4 is 32.8 Å². The van der Waals surface area contributed by atoms with Crippen LogP contribution in [0.25, 0.3) is 10.9 Å². The Bertz CT molecular complexity index is 598. The first-order valence-corrected chi connectivity index (χ1v) is 5.28. The second-order valence-corrected chi connectivity index (χ2v) is 4.18. The molecule has 1 heterocycles. The Kier molecular flexibility index (Phi) is 2.63. The van der Waals surface area contributed by atoms with E-state index >= 15 is 0 Å². The Morgan fingerprint density at radius 2 is 2.19 bits per heavy atom. The molecule has 0 aliphatic carbocycles.